The van der Waals surface area contributed by atoms with Gasteiger partial charge in [0.05, 0.1) is 16.6 Å². The quantitative estimate of drug-likeness (QED) is 0.701. The van der Waals surface area contributed by atoms with E-state index < -0.39 is 0 Å². The molecular formula is C23H31N3O2S. The van der Waals surface area contributed by atoms with E-state index in [4.69, 9.17) is 0 Å². The molecule has 4 aliphatic rings. The summed E-state index contributed by atoms with van der Waals surface area (Å²) in [6, 6.07) is 0. The van der Waals surface area contributed by atoms with Gasteiger partial charge in [-0.05, 0) is 75.2 Å². The lowest BCUT2D eigenvalue weighted by atomic mass is 9.53. The van der Waals surface area contributed by atoms with Crippen LogP contribution in [0.3, 0.4) is 0 Å². The highest BCUT2D eigenvalue weighted by Crippen LogP contribution is 2.55. The Morgan fingerprint density at radius 1 is 1.21 bits per heavy atom. The van der Waals surface area contributed by atoms with E-state index in [0.717, 1.165) is 61.8 Å². The number of carbonyl (C=O) groups excluding carboxylic acids is 1. The molecular weight excluding hydrogens is 382 g/mol. The van der Waals surface area contributed by atoms with Gasteiger partial charge in [-0.15, -0.1) is 11.3 Å². The van der Waals surface area contributed by atoms with Crippen molar-refractivity contribution in [3.8, 4) is 0 Å². The average molecular weight is 414 g/mol. The largest absolute Gasteiger partial charge is 0.346 e. The third-order valence-corrected chi connectivity index (χ3v) is 8.74. The lowest BCUT2D eigenvalue weighted by molar-refractivity contribution is -0.0166. The number of aryl methyl sites for hydroxylation is 2. The summed E-state index contributed by atoms with van der Waals surface area (Å²) >= 11 is 1.38. The molecule has 6 rings (SSSR count). The molecule has 29 heavy (non-hydrogen) atoms. The molecule has 0 unspecified atom stereocenters. The predicted octanol–water partition coefficient (Wildman–Crippen LogP) is 4.66. The number of thiophene rings is 1. The number of unbranched alkanes of at least 4 members (excludes halogenated alkanes) is 2. The summed E-state index contributed by atoms with van der Waals surface area (Å²) in [5.41, 5.74) is 0.783. The maximum Gasteiger partial charge on any atom is 0.262 e. The molecule has 4 fully saturated rings. The first kappa shape index (κ1) is 19.3. The molecule has 4 aliphatic carbocycles. The van der Waals surface area contributed by atoms with E-state index in [1.807, 2.05) is 6.92 Å². The molecule has 2 heterocycles. The summed E-state index contributed by atoms with van der Waals surface area (Å²) < 4.78 is 1.71. The highest BCUT2D eigenvalue weighted by Gasteiger charge is 2.51. The zero-order valence-electron chi connectivity index (χ0n) is 17.5. The molecule has 156 valence electrons. The van der Waals surface area contributed by atoms with E-state index in [-0.39, 0.29) is 17.0 Å². The maximum absolute atomic E-state index is 13.3. The second-order valence-electron chi connectivity index (χ2n) is 9.84. The van der Waals surface area contributed by atoms with Crippen LogP contribution in [-0.4, -0.2) is 21.0 Å². The van der Waals surface area contributed by atoms with Gasteiger partial charge in [-0.2, -0.15) is 0 Å². The molecule has 2 aromatic rings. The van der Waals surface area contributed by atoms with E-state index in [0.29, 0.717) is 21.6 Å². The van der Waals surface area contributed by atoms with Crippen molar-refractivity contribution in [2.75, 3.05) is 0 Å². The number of nitrogens with zero attached hydrogens (tertiary/aromatic N) is 2. The normalized spacial score (nSPS) is 30.2. The van der Waals surface area contributed by atoms with Gasteiger partial charge in [0.25, 0.3) is 11.5 Å². The van der Waals surface area contributed by atoms with Crippen molar-refractivity contribution in [1.29, 1.82) is 0 Å². The van der Waals surface area contributed by atoms with Crippen LogP contribution in [0.4, 0.5) is 0 Å². The predicted molar refractivity (Wildman–Crippen MR) is 117 cm³/mol. The van der Waals surface area contributed by atoms with Crippen LogP contribution >= 0.6 is 11.3 Å². The van der Waals surface area contributed by atoms with E-state index in [1.54, 1.807) is 10.9 Å². The van der Waals surface area contributed by atoms with E-state index >= 15 is 0 Å². The summed E-state index contributed by atoms with van der Waals surface area (Å²) in [5, 5.41) is 4.08. The van der Waals surface area contributed by atoms with Crippen molar-refractivity contribution >= 4 is 27.5 Å². The maximum atomic E-state index is 13.3. The number of hydrogen-bond acceptors (Lipinski definition) is 4. The van der Waals surface area contributed by atoms with Crippen molar-refractivity contribution in [1.82, 2.24) is 14.9 Å². The Balaban J connectivity index is 1.41. The molecule has 0 saturated heterocycles. The first-order chi connectivity index (χ1) is 14.0. The van der Waals surface area contributed by atoms with Gasteiger partial charge in [0.15, 0.2) is 0 Å². The van der Waals surface area contributed by atoms with Crippen LogP contribution in [0.25, 0.3) is 10.2 Å². The van der Waals surface area contributed by atoms with Crippen LogP contribution in [0.2, 0.25) is 0 Å². The summed E-state index contributed by atoms with van der Waals surface area (Å²) in [6.07, 6.45) is 12.3. The van der Waals surface area contributed by atoms with Crippen LogP contribution in [-0.2, 0) is 6.54 Å². The fourth-order valence-corrected chi connectivity index (χ4v) is 7.66. The highest BCUT2D eigenvalue weighted by molar-refractivity contribution is 7.20. The van der Waals surface area contributed by atoms with Crippen molar-refractivity contribution in [2.24, 2.45) is 17.8 Å². The Bertz CT molecular complexity index is 970. The summed E-state index contributed by atoms with van der Waals surface area (Å²) in [4.78, 5) is 32.2. The number of carbonyl (C=O) groups is 1. The van der Waals surface area contributed by atoms with Crippen LogP contribution in [0.15, 0.2) is 11.1 Å². The summed E-state index contributed by atoms with van der Waals surface area (Å²) in [6.45, 7) is 4.76. The molecule has 6 heteroatoms. The number of amides is 1. The van der Waals surface area contributed by atoms with Gasteiger partial charge in [-0.3, -0.25) is 14.2 Å². The molecule has 0 aliphatic heterocycles. The molecule has 0 aromatic carbocycles. The van der Waals surface area contributed by atoms with Gasteiger partial charge in [-0.25, -0.2) is 4.98 Å². The van der Waals surface area contributed by atoms with Gasteiger partial charge < -0.3 is 5.32 Å². The van der Waals surface area contributed by atoms with Gasteiger partial charge in [-0.1, -0.05) is 19.8 Å². The molecule has 4 saturated carbocycles. The molecule has 4 bridgehead atoms. The van der Waals surface area contributed by atoms with Crippen molar-refractivity contribution in [3.05, 3.63) is 27.1 Å². The molecule has 5 nitrogen and oxygen atoms in total. The van der Waals surface area contributed by atoms with Crippen LogP contribution in [0, 0.1) is 24.7 Å². The second kappa shape index (κ2) is 7.22. The minimum atomic E-state index is -0.0117. The Labute approximate surface area is 175 Å². The summed E-state index contributed by atoms with van der Waals surface area (Å²) in [5.74, 6) is 2.38. The van der Waals surface area contributed by atoms with Crippen LogP contribution < -0.4 is 10.9 Å². The van der Waals surface area contributed by atoms with Gasteiger partial charge >= 0.3 is 0 Å². The zero-order valence-corrected chi connectivity index (χ0v) is 18.3. The van der Waals surface area contributed by atoms with Gasteiger partial charge in [0.2, 0.25) is 0 Å². The smallest absolute Gasteiger partial charge is 0.262 e. The standard InChI is InChI=1S/C23H31N3O2S/c1-3-4-5-6-26-13-24-21-18(22(26)28)14(2)19(29-21)20(27)25-23-10-15-7-16(11-23)9-17(8-15)12-23/h13,15-17H,3-12H2,1-2H3,(H,25,27). The highest BCUT2D eigenvalue weighted by atomic mass is 32.1. The minimum Gasteiger partial charge on any atom is -0.346 e. The Hall–Kier alpha value is -1.69. The van der Waals surface area contributed by atoms with Gasteiger partial charge in [0, 0.05) is 12.1 Å². The van der Waals surface area contributed by atoms with E-state index in [2.05, 4.69) is 17.2 Å². The number of aromatic nitrogens is 2. The SMILES string of the molecule is CCCCCn1cnc2sc(C(=O)NC34CC5CC(CC(C5)C3)C4)c(C)c2c1=O. The molecule has 0 spiro atoms. The third-order valence-electron chi connectivity index (χ3n) is 7.54. The van der Waals surface area contributed by atoms with Crippen molar-refractivity contribution in [3.63, 3.8) is 0 Å². The van der Waals surface area contributed by atoms with Crippen LogP contribution in [0.1, 0.15) is 79.9 Å². The number of hydrogen-bond donors (Lipinski definition) is 1. The van der Waals surface area contributed by atoms with Crippen molar-refractivity contribution in [2.45, 2.75) is 83.7 Å². The first-order valence-electron chi connectivity index (χ1n) is 11.3. The lowest BCUT2D eigenvalue weighted by Gasteiger charge is -2.56. The number of fused-ring (bicyclic) bond motifs is 1. The summed E-state index contributed by atoms with van der Waals surface area (Å²) in [7, 11) is 0. The van der Waals surface area contributed by atoms with E-state index in [1.165, 1.54) is 30.6 Å². The zero-order chi connectivity index (χ0) is 20.2. The average Bonchev–Trinajstić information content (AvgIpc) is 3.00. The Morgan fingerprint density at radius 2 is 1.86 bits per heavy atom. The van der Waals surface area contributed by atoms with Crippen molar-refractivity contribution < 1.29 is 4.79 Å². The van der Waals surface area contributed by atoms with Crippen LogP contribution in [0.5, 0.6) is 0 Å². The molecule has 2 aromatic heterocycles. The first-order valence-corrected chi connectivity index (χ1v) is 12.1. The fraction of sp³-hybridized carbons (Fsp3) is 0.696. The third kappa shape index (κ3) is 3.33. The number of nitrogens with one attached hydrogen (secondary N) is 1. The fourth-order valence-electron chi connectivity index (χ4n) is 6.63. The molecule has 1 N–H and O–H groups in total. The number of rotatable bonds is 6. The molecule has 1 amide bonds. The second-order valence-corrected chi connectivity index (χ2v) is 10.8. The topological polar surface area (TPSA) is 64.0 Å². The lowest BCUT2D eigenvalue weighted by Crippen LogP contribution is -2.59. The molecule has 0 atom stereocenters. The monoisotopic (exact) mass is 413 g/mol. The molecule has 0 radical (unpaired) electrons. The van der Waals surface area contributed by atoms with Gasteiger partial charge in [0.1, 0.15) is 4.83 Å². The van der Waals surface area contributed by atoms with E-state index in [9.17, 15) is 9.59 Å². The Kier molecular flexibility index (Phi) is 4.80. The minimum absolute atomic E-state index is 0.00406. The Morgan fingerprint density at radius 3 is 2.48 bits per heavy atom.